The zero-order chi connectivity index (χ0) is 19.9. The van der Waals surface area contributed by atoms with Gasteiger partial charge >= 0.3 is 0 Å². The van der Waals surface area contributed by atoms with E-state index in [2.05, 4.69) is 58.4 Å². The van der Waals surface area contributed by atoms with E-state index in [0.717, 1.165) is 44.8 Å². The molecule has 2 saturated heterocycles. The van der Waals surface area contributed by atoms with Gasteiger partial charge in [-0.25, -0.2) is 0 Å². The fourth-order valence-corrected chi connectivity index (χ4v) is 4.17. The van der Waals surface area contributed by atoms with Gasteiger partial charge in [0.05, 0.1) is 0 Å². The van der Waals surface area contributed by atoms with Crippen LogP contribution in [0.1, 0.15) is 34.3 Å². The monoisotopic (exact) mass is 389 g/mol. The number of amides is 1. The zero-order valence-electron chi connectivity index (χ0n) is 17.2. The Morgan fingerprint density at radius 3 is 2.17 bits per heavy atom. The molecule has 0 spiro atoms. The van der Waals surface area contributed by atoms with Crippen LogP contribution < -0.4 is 0 Å². The Labute approximate surface area is 174 Å². The Hall–Kier alpha value is -2.43. The van der Waals surface area contributed by atoms with Crippen LogP contribution in [0.15, 0.2) is 60.7 Å². The van der Waals surface area contributed by atoms with E-state index in [1.165, 1.54) is 37.1 Å². The number of carbonyl (C=O) groups is 1. The van der Waals surface area contributed by atoms with Crippen LogP contribution in [0.4, 0.5) is 0 Å². The summed E-state index contributed by atoms with van der Waals surface area (Å²) < 4.78 is 0. The van der Waals surface area contributed by atoms with Crippen LogP contribution in [0.2, 0.25) is 0 Å². The molecule has 0 atom stereocenters. The summed E-state index contributed by atoms with van der Waals surface area (Å²) in [5.41, 5.74) is 3.35. The number of rotatable bonds is 6. The minimum Gasteiger partial charge on any atom is -0.336 e. The molecular formula is C25H31N3O. The second-order valence-electron chi connectivity index (χ2n) is 8.09. The molecule has 2 aliphatic heterocycles. The first-order valence-corrected chi connectivity index (χ1v) is 10.8. The molecule has 0 saturated carbocycles. The number of hydrogen-bond donors (Lipinski definition) is 0. The Morgan fingerprint density at radius 2 is 1.48 bits per heavy atom. The fraction of sp³-hybridized carbons (Fsp3) is 0.400. The molecule has 2 aliphatic rings. The number of benzene rings is 2. The molecule has 4 rings (SSSR count). The van der Waals surface area contributed by atoms with Crippen LogP contribution in [-0.4, -0.2) is 66.4 Å². The molecule has 1 amide bonds. The van der Waals surface area contributed by atoms with Crippen molar-refractivity contribution in [1.29, 1.82) is 0 Å². The number of nitrogens with zero attached hydrogens (tertiary/aromatic N) is 3. The normalized spacial score (nSPS) is 18.6. The first-order chi connectivity index (χ1) is 14.3. The van der Waals surface area contributed by atoms with Gasteiger partial charge in [-0.1, -0.05) is 54.6 Å². The highest BCUT2D eigenvalue weighted by Gasteiger charge is 2.21. The van der Waals surface area contributed by atoms with Gasteiger partial charge in [-0.2, -0.15) is 0 Å². The lowest BCUT2D eigenvalue weighted by molar-refractivity contribution is 0.0650. The maximum atomic E-state index is 12.8. The fourth-order valence-electron chi connectivity index (χ4n) is 4.17. The maximum absolute atomic E-state index is 12.8. The first-order valence-electron chi connectivity index (χ1n) is 10.8. The SMILES string of the molecule is O=C(c1ccc(CN2CCCC2)cc1)N1CCN(CC=Cc2ccccc2)CC1. The highest BCUT2D eigenvalue weighted by Crippen LogP contribution is 2.15. The van der Waals surface area contributed by atoms with Gasteiger partial charge in [0.15, 0.2) is 0 Å². The van der Waals surface area contributed by atoms with Gasteiger partial charge in [-0.3, -0.25) is 14.6 Å². The zero-order valence-corrected chi connectivity index (χ0v) is 17.2. The largest absolute Gasteiger partial charge is 0.336 e. The quantitative estimate of drug-likeness (QED) is 0.753. The smallest absolute Gasteiger partial charge is 0.253 e. The minimum atomic E-state index is 0.164. The number of piperazine rings is 1. The molecular weight excluding hydrogens is 358 g/mol. The molecule has 0 N–H and O–H groups in total. The number of hydrogen-bond acceptors (Lipinski definition) is 3. The minimum absolute atomic E-state index is 0.164. The van der Waals surface area contributed by atoms with Gasteiger partial charge in [0.25, 0.3) is 5.91 Å². The molecule has 0 aliphatic carbocycles. The van der Waals surface area contributed by atoms with E-state index in [4.69, 9.17) is 0 Å². The Kier molecular flexibility index (Phi) is 6.75. The van der Waals surface area contributed by atoms with Gasteiger partial charge in [0.1, 0.15) is 0 Å². The van der Waals surface area contributed by atoms with Gasteiger partial charge in [0.2, 0.25) is 0 Å². The molecule has 0 bridgehead atoms. The second kappa shape index (κ2) is 9.86. The maximum Gasteiger partial charge on any atom is 0.253 e. The highest BCUT2D eigenvalue weighted by atomic mass is 16.2. The second-order valence-corrected chi connectivity index (χ2v) is 8.09. The average molecular weight is 390 g/mol. The van der Waals surface area contributed by atoms with Crippen molar-refractivity contribution in [2.45, 2.75) is 19.4 Å². The average Bonchev–Trinajstić information content (AvgIpc) is 3.28. The molecule has 2 aromatic carbocycles. The summed E-state index contributed by atoms with van der Waals surface area (Å²) in [4.78, 5) is 19.7. The summed E-state index contributed by atoms with van der Waals surface area (Å²) in [6.45, 7) is 7.79. The van der Waals surface area contributed by atoms with Crippen molar-refractivity contribution in [2.75, 3.05) is 45.8 Å². The molecule has 29 heavy (non-hydrogen) atoms. The topological polar surface area (TPSA) is 26.8 Å². The van der Waals surface area contributed by atoms with E-state index in [1.807, 2.05) is 23.1 Å². The third-order valence-electron chi connectivity index (χ3n) is 5.94. The van der Waals surface area contributed by atoms with Crippen molar-refractivity contribution in [3.05, 3.63) is 77.4 Å². The van der Waals surface area contributed by atoms with Gasteiger partial charge in [0, 0.05) is 44.8 Å². The van der Waals surface area contributed by atoms with E-state index < -0.39 is 0 Å². The summed E-state index contributed by atoms with van der Waals surface area (Å²) in [6.07, 6.45) is 7.00. The lowest BCUT2D eigenvalue weighted by Crippen LogP contribution is -2.48. The van der Waals surface area contributed by atoms with Crippen molar-refractivity contribution in [1.82, 2.24) is 14.7 Å². The van der Waals surface area contributed by atoms with Crippen molar-refractivity contribution >= 4 is 12.0 Å². The molecule has 0 radical (unpaired) electrons. The van der Waals surface area contributed by atoms with Crippen LogP contribution in [-0.2, 0) is 6.54 Å². The highest BCUT2D eigenvalue weighted by molar-refractivity contribution is 5.94. The Balaban J connectivity index is 1.23. The summed E-state index contributed by atoms with van der Waals surface area (Å²) in [5.74, 6) is 0.164. The number of carbonyl (C=O) groups excluding carboxylic acids is 1. The summed E-state index contributed by atoms with van der Waals surface area (Å²) in [7, 11) is 0. The Morgan fingerprint density at radius 1 is 0.793 bits per heavy atom. The van der Waals surface area contributed by atoms with E-state index in [-0.39, 0.29) is 5.91 Å². The standard InChI is InChI=1S/C25H31N3O/c29-25(24-12-10-23(11-13-24)21-27-14-4-5-15-27)28-19-17-26(18-20-28)16-6-9-22-7-2-1-3-8-22/h1-3,6-13H,4-5,14-21H2. The summed E-state index contributed by atoms with van der Waals surface area (Å²) in [6, 6.07) is 18.6. The lowest BCUT2D eigenvalue weighted by atomic mass is 10.1. The first kappa shape index (κ1) is 19.9. The van der Waals surface area contributed by atoms with E-state index in [1.54, 1.807) is 0 Å². The van der Waals surface area contributed by atoms with Crippen molar-refractivity contribution in [3.63, 3.8) is 0 Å². The van der Waals surface area contributed by atoms with Crippen LogP contribution in [0.3, 0.4) is 0 Å². The predicted molar refractivity (Wildman–Crippen MR) is 119 cm³/mol. The Bertz CT molecular complexity index is 802. The predicted octanol–water partition coefficient (Wildman–Crippen LogP) is 3.75. The van der Waals surface area contributed by atoms with Gasteiger partial charge in [-0.05, 0) is 49.2 Å². The molecule has 0 aromatic heterocycles. The third kappa shape index (κ3) is 5.55. The third-order valence-corrected chi connectivity index (χ3v) is 5.94. The molecule has 2 fully saturated rings. The van der Waals surface area contributed by atoms with Gasteiger partial charge < -0.3 is 4.90 Å². The van der Waals surface area contributed by atoms with Crippen molar-refractivity contribution in [3.8, 4) is 0 Å². The van der Waals surface area contributed by atoms with Crippen LogP contribution in [0, 0.1) is 0 Å². The van der Waals surface area contributed by atoms with Crippen LogP contribution >= 0.6 is 0 Å². The molecule has 152 valence electrons. The summed E-state index contributed by atoms with van der Waals surface area (Å²) in [5, 5.41) is 0. The number of likely N-dealkylation sites (tertiary alicyclic amines) is 1. The molecule has 0 unspecified atom stereocenters. The van der Waals surface area contributed by atoms with Crippen molar-refractivity contribution < 1.29 is 4.79 Å². The van der Waals surface area contributed by atoms with Crippen LogP contribution in [0.5, 0.6) is 0 Å². The van der Waals surface area contributed by atoms with Gasteiger partial charge in [-0.15, -0.1) is 0 Å². The lowest BCUT2D eigenvalue weighted by Gasteiger charge is -2.34. The van der Waals surface area contributed by atoms with Crippen molar-refractivity contribution in [2.24, 2.45) is 0 Å². The molecule has 4 nitrogen and oxygen atoms in total. The molecule has 2 aromatic rings. The van der Waals surface area contributed by atoms with E-state index >= 15 is 0 Å². The summed E-state index contributed by atoms with van der Waals surface area (Å²) >= 11 is 0. The van der Waals surface area contributed by atoms with E-state index in [0.29, 0.717) is 0 Å². The van der Waals surface area contributed by atoms with E-state index in [9.17, 15) is 4.79 Å². The van der Waals surface area contributed by atoms with Crippen LogP contribution in [0.25, 0.3) is 6.08 Å². The molecule has 4 heteroatoms. The molecule has 2 heterocycles.